The predicted octanol–water partition coefficient (Wildman–Crippen LogP) is 0.410. The van der Waals surface area contributed by atoms with Crippen molar-refractivity contribution in [1.29, 1.82) is 0 Å². The fourth-order valence-corrected chi connectivity index (χ4v) is 2.81. The van der Waals surface area contributed by atoms with E-state index in [1.54, 1.807) is 24.9 Å². The maximum absolute atomic E-state index is 12.4. The molecule has 1 unspecified atom stereocenters. The first-order valence-electron chi connectivity index (χ1n) is 6.65. The highest BCUT2D eigenvalue weighted by atomic mass is 32.1. The van der Waals surface area contributed by atoms with Crippen molar-refractivity contribution in [3.8, 4) is 0 Å². The van der Waals surface area contributed by atoms with Gasteiger partial charge in [-0.2, -0.15) is 0 Å². The second-order valence-corrected chi connectivity index (χ2v) is 5.93. The van der Waals surface area contributed by atoms with Gasteiger partial charge in [0.25, 0.3) is 11.8 Å². The Hall–Kier alpha value is -2.88. The van der Waals surface area contributed by atoms with Gasteiger partial charge in [-0.15, -0.1) is 11.3 Å². The van der Waals surface area contributed by atoms with Crippen LogP contribution in [0.4, 0.5) is 0 Å². The van der Waals surface area contributed by atoms with Gasteiger partial charge < -0.3 is 15.6 Å². The quantitative estimate of drug-likeness (QED) is 0.712. The largest absolute Gasteiger partial charge is 0.365 e. The maximum atomic E-state index is 12.4. The number of aromatic nitrogens is 5. The second-order valence-electron chi connectivity index (χ2n) is 4.87. The third kappa shape index (κ3) is 2.75. The van der Waals surface area contributed by atoms with Crippen molar-refractivity contribution in [2.45, 2.75) is 13.0 Å². The average Bonchev–Trinajstić information content (AvgIpc) is 3.14. The topological polar surface area (TPSA) is 129 Å². The predicted molar refractivity (Wildman–Crippen MR) is 82.8 cm³/mol. The molecule has 0 bridgehead atoms. The van der Waals surface area contributed by atoms with E-state index in [2.05, 4.69) is 25.3 Å². The molecule has 0 aliphatic rings. The number of amides is 2. The number of hydrogen-bond acceptors (Lipinski definition) is 7. The molecule has 0 radical (unpaired) electrons. The summed E-state index contributed by atoms with van der Waals surface area (Å²) in [6, 6.07) is -0.394. The minimum absolute atomic E-state index is 0.189. The van der Waals surface area contributed by atoms with Crippen molar-refractivity contribution in [3.63, 3.8) is 0 Å². The zero-order valence-corrected chi connectivity index (χ0v) is 13.2. The minimum Gasteiger partial charge on any atom is -0.365 e. The van der Waals surface area contributed by atoms with E-state index in [-0.39, 0.29) is 11.6 Å². The van der Waals surface area contributed by atoms with Gasteiger partial charge in [0, 0.05) is 7.05 Å². The lowest BCUT2D eigenvalue weighted by atomic mass is 10.3. The van der Waals surface area contributed by atoms with Crippen LogP contribution in [0.25, 0.3) is 11.2 Å². The Morgan fingerprint density at radius 2 is 2.09 bits per heavy atom. The number of primary amides is 1. The molecule has 3 heterocycles. The molecule has 0 aliphatic heterocycles. The summed E-state index contributed by atoms with van der Waals surface area (Å²) in [4.78, 5) is 40.2. The SMILES string of the molecule is CC(NC(=O)c1ncnc2c1ncn2C)c1ncc(C(N)=O)s1. The lowest BCUT2D eigenvalue weighted by molar-refractivity contribution is 0.0935. The van der Waals surface area contributed by atoms with Crippen molar-refractivity contribution >= 4 is 34.3 Å². The van der Waals surface area contributed by atoms with Gasteiger partial charge in [-0.1, -0.05) is 0 Å². The van der Waals surface area contributed by atoms with Crippen molar-refractivity contribution in [2.24, 2.45) is 12.8 Å². The monoisotopic (exact) mass is 331 g/mol. The van der Waals surface area contributed by atoms with Crippen LogP contribution in [0.1, 0.15) is 38.1 Å². The fourth-order valence-electron chi connectivity index (χ4n) is 2.04. The maximum Gasteiger partial charge on any atom is 0.272 e. The molecule has 0 saturated heterocycles. The molecule has 23 heavy (non-hydrogen) atoms. The van der Waals surface area contributed by atoms with Gasteiger partial charge in [-0.25, -0.2) is 19.9 Å². The Bertz CT molecular complexity index is 901. The molecule has 0 saturated carbocycles. The first kappa shape index (κ1) is 15.0. The summed E-state index contributed by atoms with van der Waals surface area (Å²) in [5.74, 6) is -0.933. The van der Waals surface area contributed by atoms with Gasteiger partial charge >= 0.3 is 0 Å². The third-order valence-corrected chi connectivity index (χ3v) is 4.39. The van der Waals surface area contributed by atoms with Crippen LogP contribution in [-0.4, -0.2) is 36.3 Å². The van der Waals surface area contributed by atoms with E-state index >= 15 is 0 Å². The van der Waals surface area contributed by atoms with Crippen LogP contribution in [0.3, 0.4) is 0 Å². The molecular formula is C13H13N7O2S. The highest BCUT2D eigenvalue weighted by molar-refractivity contribution is 7.13. The number of imidazole rings is 1. The first-order valence-corrected chi connectivity index (χ1v) is 7.47. The Morgan fingerprint density at radius 1 is 1.30 bits per heavy atom. The normalized spacial score (nSPS) is 12.3. The Balaban J connectivity index is 1.83. The summed E-state index contributed by atoms with van der Waals surface area (Å²) in [5, 5.41) is 3.37. The lowest BCUT2D eigenvalue weighted by Gasteiger charge is -2.10. The number of rotatable bonds is 4. The fraction of sp³-hybridized carbons (Fsp3) is 0.231. The molecule has 0 aromatic carbocycles. The minimum atomic E-state index is -0.543. The lowest BCUT2D eigenvalue weighted by Crippen LogP contribution is -2.27. The van der Waals surface area contributed by atoms with Crippen LogP contribution >= 0.6 is 11.3 Å². The summed E-state index contributed by atoms with van der Waals surface area (Å²) >= 11 is 1.14. The number of aryl methyl sites for hydroxylation is 1. The number of fused-ring (bicyclic) bond motifs is 1. The molecule has 1 atom stereocenters. The first-order chi connectivity index (χ1) is 11.0. The van der Waals surface area contributed by atoms with Gasteiger partial charge in [-0.05, 0) is 6.92 Å². The molecule has 3 rings (SSSR count). The van der Waals surface area contributed by atoms with Crippen molar-refractivity contribution < 1.29 is 9.59 Å². The summed E-state index contributed by atoms with van der Waals surface area (Å²) in [5.41, 5.74) is 6.39. The van der Waals surface area contributed by atoms with Gasteiger partial charge in [0.1, 0.15) is 21.7 Å². The molecule has 10 heteroatoms. The molecule has 9 nitrogen and oxygen atoms in total. The smallest absolute Gasteiger partial charge is 0.272 e. The zero-order chi connectivity index (χ0) is 16.6. The summed E-state index contributed by atoms with van der Waals surface area (Å²) in [6.07, 6.45) is 4.28. The van der Waals surface area contributed by atoms with Crippen molar-refractivity contribution in [1.82, 2.24) is 29.8 Å². The number of nitrogens with one attached hydrogen (secondary N) is 1. The van der Waals surface area contributed by atoms with E-state index in [1.165, 1.54) is 12.5 Å². The van der Waals surface area contributed by atoms with Crippen LogP contribution in [0, 0.1) is 0 Å². The third-order valence-electron chi connectivity index (χ3n) is 3.20. The molecule has 3 aromatic rings. The van der Waals surface area contributed by atoms with Gasteiger partial charge in [0.05, 0.1) is 18.6 Å². The van der Waals surface area contributed by atoms with E-state index in [0.29, 0.717) is 21.0 Å². The molecule has 0 fully saturated rings. The average molecular weight is 331 g/mol. The highest BCUT2D eigenvalue weighted by Gasteiger charge is 2.20. The number of carbonyl (C=O) groups is 2. The zero-order valence-electron chi connectivity index (χ0n) is 12.3. The van der Waals surface area contributed by atoms with E-state index < -0.39 is 11.9 Å². The number of hydrogen-bond donors (Lipinski definition) is 2. The van der Waals surface area contributed by atoms with Gasteiger partial charge in [-0.3, -0.25) is 9.59 Å². The molecular weight excluding hydrogens is 318 g/mol. The number of nitrogens with zero attached hydrogens (tertiary/aromatic N) is 5. The van der Waals surface area contributed by atoms with E-state index in [1.807, 2.05) is 0 Å². The second kappa shape index (κ2) is 5.72. The Labute approximate surface area is 134 Å². The van der Waals surface area contributed by atoms with Gasteiger partial charge in [0.15, 0.2) is 11.3 Å². The molecule has 3 aromatic heterocycles. The number of thiazole rings is 1. The summed E-state index contributed by atoms with van der Waals surface area (Å²) < 4.78 is 1.71. The van der Waals surface area contributed by atoms with Gasteiger partial charge in [0.2, 0.25) is 0 Å². The van der Waals surface area contributed by atoms with Crippen LogP contribution in [0.2, 0.25) is 0 Å². The molecule has 118 valence electrons. The van der Waals surface area contributed by atoms with Crippen LogP contribution < -0.4 is 11.1 Å². The van der Waals surface area contributed by atoms with E-state index in [4.69, 9.17) is 5.73 Å². The summed E-state index contributed by atoms with van der Waals surface area (Å²) in [7, 11) is 1.79. The number of nitrogens with two attached hydrogens (primary N) is 1. The van der Waals surface area contributed by atoms with Crippen molar-refractivity contribution in [2.75, 3.05) is 0 Å². The van der Waals surface area contributed by atoms with E-state index in [0.717, 1.165) is 11.3 Å². The van der Waals surface area contributed by atoms with Crippen LogP contribution in [0.15, 0.2) is 18.9 Å². The molecule has 2 amide bonds. The highest BCUT2D eigenvalue weighted by Crippen LogP contribution is 2.20. The molecule has 0 spiro atoms. The standard InChI is InChI=1S/C13H13N7O2S/c1-6(13-15-3-7(23-13)10(14)21)19-12(22)9-8-11(17-4-16-9)20(2)5-18-8/h3-6H,1-2H3,(H2,14,21)(H,19,22). The Kier molecular flexibility index (Phi) is 3.74. The van der Waals surface area contributed by atoms with E-state index in [9.17, 15) is 9.59 Å². The van der Waals surface area contributed by atoms with Crippen LogP contribution in [0.5, 0.6) is 0 Å². The molecule has 3 N–H and O–H groups in total. The van der Waals surface area contributed by atoms with Crippen molar-refractivity contribution in [3.05, 3.63) is 34.4 Å². The Morgan fingerprint density at radius 3 is 2.78 bits per heavy atom. The van der Waals surface area contributed by atoms with Crippen LogP contribution in [-0.2, 0) is 7.05 Å². The number of carbonyl (C=O) groups excluding carboxylic acids is 2. The molecule has 0 aliphatic carbocycles. The summed E-state index contributed by atoms with van der Waals surface area (Å²) in [6.45, 7) is 1.76.